The van der Waals surface area contributed by atoms with Crippen LogP contribution >= 0.6 is 15.9 Å². The molecule has 88 valence electrons. The number of amides is 1. The van der Waals surface area contributed by atoms with E-state index in [9.17, 15) is 9.18 Å². The molecule has 1 N–H and O–H groups in total. The Hall–Kier alpha value is -1.41. The van der Waals surface area contributed by atoms with Crippen molar-refractivity contribution in [3.63, 3.8) is 0 Å². The third-order valence-electron chi connectivity index (χ3n) is 2.69. The van der Waals surface area contributed by atoms with Gasteiger partial charge < -0.3 is 5.32 Å². The maximum atomic E-state index is 13.4. The first kappa shape index (κ1) is 12.1. The quantitative estimate of drug-likeness (QED) is 0.932. The lowest BCUT2D eigenvalue weighted by molar-refractivity contribution is 0.0937. The highest BCUT2D eigenvalue weighted by molar-refractivity contribution is 9.10. The van der Waals surface area contributed by atoms with Gasteiger partial charge in [0.25, 0.3) is 5.91 Å². The van der Waals surface area contributed by atoms with Crippen LogP contribution in [0.2, 0.25) is 0 Å². The van der Waals surface area contributed by atoms with Gasteiger partial charge in [-0.2, -0.15) is 5.26 Å². The molecule has 0 heterocycles. The van der Waals surface area contributed by atoms with Crippen LogP contribution in [0.5, 0.6) is 0 Å². The molecule has 0 radical (unpaired) electrons. The van der Waals surface area contributed by atoms with Gasteiger partial charge in [-0.05, 0) is 37.0 Å². The van der Waals surface area contributed by atoms with Gasteiger partial charge in [0.1, 0.15) is 11.9 Å². The highest BCUT2D eigenvalue weighted by atomic mass is 79.9. The van der Waals surface area contributed by atoms with Crippen LogP contribution in [0.3, 0.4) is 0 Å². The molecule has 0 spiro atoms. The molecule has 1 saturated carbocycles. The first-order valence-corrected chi connectivity index (χ1v) is 6.06. The van der Waals surface area contributed by atoms with E-state index >= 15 is 0 Å². The van der Waals surface area contributed by atoms with E-state index < -0.39 is 17.8 Å². The van der Waals surface area contributed by atoms with E-state index in [4.69, 9.17) is 5.26 Å². The zero-order valence-electron chi connectivity index (χ0n) is 8.91. The maximum Gasteiger partial charge on any atom is 0.255 e. The molecule has 17 heavy (non-hydrogen) atoms. The molecule has 0 aliphatic heterocycles. The number of hydrogen-bond donors (Lipinski definition) is 1. The van der Waals surface area contributed by atoms with Crippen LogP contribution < -0.4 is 5.32 Å². The molecule has 1 aliphatic rings. The molecule has 1 aliphatic carbocycles. The number of carbonyl (C=O) groups excluding carboxylic acids is 1. The van der Waals surface area contributed by atoms with Gasteiger partial charge in [-0.25, -0.2) is 4.39 Å². The summed E-state index contributed by atoms with van der Waals surface area (Å²) in [5.74, 6) is -0.903. The summed E-state index contributed by atoms with van der Waals surface area (Å²) in [5.41, 5.74) is -0.0414. The van der Waals surface area contributed by atoms with E-state index in [2.05, 4.69) is 21.2 Å². The minimum absolute atomic E-state index is 0.0414. The standard InChI is InChI=1S/C12H10BrFN2O/c13-8-3-4-10(14)9(5-8)12(17)16-11(6-15)7-1-2-7/h3-5,7,11H,1-2H2,(H,16,17). The number of nitrogens with zero attached hydrogens (tertiary/aromatic N) is 1. The van der Waals surface area contributed by atoms with Crippen molar-refractivity contribution in [1.82, 2.24) is 5.32 Å². The number of hydrogen-bond acceptors (Lipinski definition) is 2. The van der Waals surface area contributed by atoms with E-state index in [1.165, 1.54) is 18.2 Å². The van der Waals surface area contributed by atoms with Crippen LogP contribution in [0.4, 0.5) is 4.39 Å². The number of nitriles is 1. The molecule has 3 nitrogen and oxygen atoms in total. The van der Waals surface area contributed by atoms with Gasteiger partial charge in [0.15, 0.2) is 0 Å². The average molecular weight is 297 g/mol. The van der Waals surface area contributed by atoms with Gasteiger partial charge in [0.05, 0.1) is 11.6 Å². The molecule has 1 amide bonds. The van der Waals surface area contributed by atoms with Crippen molar-refractivity contribution in [2.75, 3.05) is 0 Å². The Morgan fingerprint density at radius 3 is 2.88 bits per heavy atom. The highest BCUT2D eigenvalue weighted by Crippen LogP contribution is 2.32. The zero-order valence-corrected chi connectivity index (χ0v) is 10.5. The molecule has 0 saturated heterocycles. The molecule has 1 unspecified atom stereocenters. The average Bonchev–Trinajstić information content (AvgIpc) is 3.13. The monoisotopic (exact) mass is 296 g/mol. The van der Waals surface area contributed by atoms with E-state index in [-0.39, 0.29) is 11.5 Å². The first-order chi connectivity index (χ1) is 8.11. The highest BCUT2D eigenvalue weighted by Gasteiger charge is 2.32. The first-order valence-electron chi connectivity index (χ1n) is 5.27. The smallest absolute Gasteiger partial charge is 0.255 e. The zero-order chi connectivity index (χ0) is 12.4. The summed E-state index contributed by atoms with van der Waals surface area (Å²) in [7, 11) is 0. The second kappa shape index (κ2) is 4.84. The molecule has 5 heteroatoms. The minimum atomic E-state index is -0.585. The Labute approximate surface area is 107 Å². The van der Waals surface area contributed by atoms with E-state index in [1.807, 2.05) is 6.07 Å². The molecular weight excluding hydrogens is 287 g/mol. The third-order valence-corrected chi connectivity index (χ3v) is 3.19. The summed E-state index contributed by atoms with van der Waals surface area (Å²) >= 11 is 3.18. The lowest BCUT2D eigenvalue weighted by Crippen LogP contribution is -2.35. The Balaban J connectivity index is 2.13. The Bertz CT molecular complexity index is 494. The largest absolute Gasteiger partial charge is 0.336 e. The number of halogens is 2. The van der Waals surface area contributed by atoms with Gasteiger partial charge in [-0.1, -0.05) is 15.9 Å². The van der Waals surface area contributed by atoms with Crippen molar-refractivity contribution in [3.05, 3.63) is 34.1 Å². The fourth-order valence-corrected chi connectivity index (χ4v) is 1.94. The van der Waals surface area contributed by atoms with Crippen LogP contribution in [0, 0.1) is 23.1 Å². The molecule has 2 rings (SSSR count). The predicted molar refractivity (Wildman–Crippen MR) is 63.7 cm³/mol. The second-order valence-electron chi connectivity index (χ2n) is 4.04. The Morgan fingerprint density at radius 2 is 2.29 bits per heavy atom. The van der Waals surface area contributed by atoms with E-state index in [0.29, 0.717) is 4.47 Å². The fourth-order valence-electron chi connectivity index (χ4n) is 1.58. The maximum absolute atomic E-state index is 13.4. The van der Waals surface area contributed by atoms with Crippen molar-refractivity contribution in [1.29, 1.82) is 5.26 Å². The van der Waals surface area contributed by atoms with E-state index in [0.717, 1.165) is 12.8 Å². The van der Waals surface area contributed by atoms with E-state index in [1.54, 1.807) is 0 Å². The van der Waals surface area contributed by atoms with Gasteiger partial charge in [-0.3, -0.25) is 4.79 Å². The van der Waals surface area contributed by atoms with Gasteiger partial charge >= 0.3 is 0 Å². The van der Waals surface area contributed by atoms with Gasteiger partial charge in [-0.15, -0.1) is 0 Å². The van der Waals surface area contributed by atoms with Gasteiger partial charge in [0.2, 0.25) is 0 Å². The summed E-state index contributed by atoms with van der Waals surface area (Å²) in [4.78, 5) is 11.8. The summed E-state index contributed by atoms with van der Waals surface area (Å²) in [6, 6.07) is 5.67. The number of benzene rings is 1. The molecule has 1 atom stereocenters. The van der Waals surface area contributed by atoms with Crippen molar-refractivity contribution >= 4 is 21.8 Å². The molecule has 1 aromatic carbocycles. The Kier molecular flexibility index (Phi) is 3.43. The minimum Gasteiger partial charge on any atom is -0.336 e. The fraction of sp³-hybridized carbons (Fsp3) is 0.333. The Morgan fingerprint density at radius 1 is 1.59 bits per heavy atom. The van der Waals surface area contributed by atoms with Crippen molar-refractivity contribution in [3.8, 4) is 6.07 Å². The van der Waals surface area contributed by atoms with Crippen molar-refractivity contribution in [2.45, 2.75) is 18.9 Å². The molecule has 0 bridgehead atoms. The SMILES string of the molecule is N#CC(NC(=O)c1cc(Br)ccc1F)C1CC1. The van der Waals surface area contributed by atoms with Crippen LogP contribution in [0.25, 0.3) is 0 Å². The molecular formula is C12H10BrFN2O. The second-order valence-corrected chi connectivity index (χ2v) is 4.96. The summed E-state index contributed by atoms with van der Waals surface area (Å²) < 4.78 is 14.1. The number of carbonyl (C=O) groups is 1. The van der Waals surface area contributed by atoms with Crippen LogP contribution in [0.1, 0.15) is 23.2 Å². The number of nitrogens with one attached hydrogen (secondary N) is 1. The lowest BCUT2D eigenvalue weighted by Gasteiger charge is -2.11. The molecule has 1 fully saturated rings. The summed E-state index contributed by atoms with van der Waals surface area (Å²) in [6.45, 7) is 0. The summed E-state index contributed by atoms with van der Waals surface area (Å²) in [5, 5.41) is 11.4. The third kappa shape index (κ3) is 2.83. The van der Waals surface area contributed by atoms with Crippen LogP contribution in [-0.4, -0.2) is 11.9 Å². The topological polar surface area (TPSA) is 52.9 Å². The normalized spacial score (nSPS) is 16.1. The van der Waals surface area contributed by atoms with Crippen LogP contribution in [-0.2, 0) is 0 Å². The van der Waals surface area contributed by atoms with Crippen LogP contribution in [0.15, 0.2) is 22.7 Å². The van der Waals surface area contributed by atoms with Crippen molar-refractivity contribution < 1.29 is 9.18 Å². The van der Waals surface area contributed by atoms with Crippen molar-refractivity contribution in [2.24, 2.45) is 5.92 Å². The lowest BCUT2D eigenvalue weighted by atomic mass is 10.1. The summed E-state index contributed by atoms with van der Waals surface area (Å²) in [6.07, 6.45) is 1.89. The van der Waals surface area contributed by atoms with Gasteiger partial charge in [0, 0.05) is 4.47 Å². The molecule has 0 aromatic heterocycles. The molecule has 1 aromatic rings. The predicted octanol–water partition coefficient (Wildman–Crippen LogP) is 2.62. The number of rotatable bonds is 3.